The highest BCUT2D eigenvalue weighted by Gasteiger charge is 2.33. The molecule has 0 bridgehead atoms. The third-order valence-corrected chi connectivity index (χ3v) is 4.92. The van der Waals surface area contributed by atoms with Gasteiger partial charge in [-0.05, 0) is 19.9 Å². The van der Waals surface area contributed by atoms with Gasteiger partial charge in [-0.2, -0.15) is 5.10 Å². The Kier molecular flexibility index (Phi) is 4.54. The van der Waals surface area contributed by atoms with Crippen LogP contribution in [0.4, 0.5) is 5.82 Å². The Morgan fingerprint density at radius 2 is 2.36 bits per heavy atom. The van der Waals surface area contributed by atoms with Crippen LogP contribution in [-0.2, 0) is 18.3 Å². The summed E-state index contributed by atoms with van der Waals surface area (Å²) in [4.78, 5) is 21.0. The van der Waals surface area contributed by atoms with Gasteiger partial charge in [-0.1, -0.05) is 0 Å². The molecule has 0 saturated carbocycles. The fraction of sp³-hybridized carbons (Fsp3) is 0.533. The van der Waals surface area contributed by atoms with Gasteiger partial charge in [0.15, 0.2) is 5.82 Å². The van der Waals surface area contributed by atoms with Crippen molar-refractivity contribution in [3.05, 3.63) is 28.8 Å². The molecule has 22 heavy (non-hydrogen) atoms. The minimum atomic E-state index is -0.0595. The lowest BCUT2D eigenvalue weighted by Gasteiger charge is -2.35. The number of thiazole rings is 1. The number of likely N-dealkylation sites (N-methyl/N-ethyl adjacent to an activating group) is 1. The van der Waals surface area contributed by atoms with E-state index in [0.717, 1.165) is 43.2 Å². The lowest BCUT2D eigenvalue weighted by atomic mass is 10.0. The normalized spacial score (nSPS) is 19.1. The molecule has 1 aliphatic heterocycles. The first-order valence-electron chi connectivity index (χ1n) is 7.55. The van der Waals surface area contributed by atoms with Crippen LogP contribution in [0.15, 0.2) is 23.8 Å². The zero-order valence-electron chi connectivity index (χ0n) is 13.0. The van der Waals surface area contributed by atoms with E-state index in [1.54, 1.807) is 16.0 Å². The molecule has 0 radical (unpaired) electrons. The van der Waals surface area contributed by atoms with Crippen molar-refractivity contribution in [3.63, 3.8) is 0 Å². The van der Waals surface area contributed by atoms with Crippen LogP contribution in [0, 0.1) is 0 Å². The number of piperidine rings is 1. The quantitative estimate of drug-likeness (QED) is 0.839. The molecule has 1 aliphatic rings. The highest BCUT2D eigenvalue weighted by Crippen LogP contribution is 2.22. The van der Waals surface area contributed by atoms with Crippen molar-refractivity contribution in [1.82, 2.24) is 19.7 Å². The minimum Gasteiger partial charge on any atom is -0.295 e. The SMILES string of the molecule is CN(CCc1nccs1)[C@H]1CCCN(c2ccn(C)n2)C1=O. The average Bonchev–Trinajstić information content (AvgIpc) is 3.16. The number of aryl methyl sites for hydroxylation is 1. The number of nitrogens with zero attached hydrogens (tertiary/aromatic N) is 5. The van der Waals surface area contributed by atoms with E-state index in [-0.39, 0.29) is 11.9 Å². The third kappa shape index (κ3) is 3.20. The molecule has 0 unspecified atom stereocenters. The van der Waals surface area contributed by atoms with E-state index in [0.29, 0.717) is 0 Å². The highest BCUT2D eigenvalue weighted by molar-refractivity contribution is 7.09. The number of carbonyl (C=O) groups is 1. The molecule has 0 N–H and O–H groups in total. The van der Waals surface area contributed by atoms with Gasteiger partial charge in [-0.3, -0.25) is 19.3 Å². The van der Waals surface area contributed by atoms with E-state index in [2.05, 4.69) is 15.0 Å². The van der Waals surface area contributed by atoms with Gasteiger partial charge < -0.3 is 0 Å². The zero-order valence-corrected chi connectivity index (χ0v) is 13.8. The fourth-order valence-corrected chi connectivity index (χ4v) is 3.45. The Labute approximate surface area is 134 Å². The van der Waals surface area contributed by atoms with Crippen LogP contribution in [0.3, 0.4) is 0 Å². The van der Waals surface area contributed by atoms with Crippen molar-refractivity contribution in [2.75, 3.05) is 25.0 Å². The van der Waals surface area contributed by atoms with E-state index < -0.39 is 0 Å². The molecule has 0 aromatic carbocycles. The summed E-state index contributed by atoms with van der Waals surface area (Å²) in [6.45, 7) is 1.60. The Hall–Kier alpha value is -1.73. The maximum absolute atomic E-state index is 12.8. The molecule has 2 aromatic rings. The monoisotopic (exact) mass is 319 g/mol. The average molecular weight is 319 g/mol. The van der Waals surface area contributed by atoms with Gasteiger partial charge in [0.2, 0.25) is 5.91 Å². The van der Waals surface area contributed by atoms with Gasteiger partial charge in [-0.15, -0.1) is 11.3 Å². The largest absolute Gasteiger partial charge is 0.295 e. The van der Waals surface area contributed by atoms with Crippen LogP contribution in [0.25, 0.3) is 0 Å². The first-order chi connectivity index (χ1) is 10.6. The van der Waals surface area contributed by atoms with Crippen LogP contribution in [-0.4, -0.2) is 51.8 Å². The van der Waals surface area contributed by atoms with Crippen molar-refractivity contribution < 1.29 is 4.79 Å². The second-order valence-corrected chi connectivity index (χ2v) is 6.63. The Bertz CT molecular complexity index is 624. The number of rotatable bonds is 5. The fourth-order valence-electron chi connectivity index (χ4n) is 2.84. The summed E-state index contributed by atoms with van der Waals surface area (Å²) in [5.74, 6) is 0.914. The van der Waals surface area contributed by atoms with Crippen LogP contribution in [0.1, 0.15) is 17.8 Å². The second-order valence-electron chi connectivity index (χ2n) is 5.65. The lowest BCUT2D eigenvalue weighted by Crippen LogP contribution is -2.52. The summed E-state index contributed by atoms with van der Waals surface area (Å²) in [5.41, 5.74) is 0. The number of hydrogen-bond donors (Lipinski definition) is 0. The van der Waals surface area contributed by atoms with E-state index in [4.69, 9.17) is 0 Å². The van der Waals surface area contributed by atoms with Crippen LogP contribution in [0.2, 0.25) is 0 Å². The molecule has 2 aromatic heterocycles. The highest BCUT2D eigenvalue weighted by atomic mass is 32.1. The van der Waals surface area contributed by atoms with Gasteiger partial charge in [0, 0.05) is 50.4 Å². The number of anilines is 1. The van der Waals surface area contributed by atoms with E-state index >= 15 is 0 Å². The Morgan fingerprint density at radius 3 is 3.05 bits per heavy atom. The molecular weight excluding hydrogens is 298 g/mol. The first-order valence-corrected chi connectivity index (χ1v) is 8.43. The van der Waals surface area contributed by atoms with Crippen LogP contribution in [0.5, 0.6) is 0 Å². The van der Waals surface area contributed by atoms with Crippen molar-refractivity contribution in [2.24, 2.45) is 7.05 Å². The number of hydrogen-bond acceptors (Lipinski definition) is 5. The minimum absolute atomic E-state index is 0.0595. The van der Waals surface area contributed by atoms with Gasteiger partial charge >= 0.3 is 0 Å². The summed E-state index contributed by atoms with van der Waals surface area (Å²) in [5, 5.41) is 7.47. The second kappa shape index (κ2) is 6.58. The topological polar surface area (TPSA) is 54.3 Å². The van der Waals surface area contributed by atoms with E-state index in [9.17, 15) is 4.79 Å². The Balaban J connectivity index is 1.64. The summed E-state index contributed by atoms with van der Waals surface area (Å²) >= 11 is 1.67. The number of aromatic nitrogens is 3. The molecule has 1 fully saturated rings. The molecule has 0 aliphatic carbocycles. The lowest BCUT2D eigenvalue weighted by molar-refractivity contribution is -0.124. The predicted molar refractivity (Wildman–Crippen MR) is 87.0 cm³/mol. The van der Waals surface area contributed by atoms with Gasteiger partial charge in [-0.25, -0.2) is 4.98 Å². The van der Waals surface area contributed by atoms with Crippen LogP contribution >= 0.6 is 11.3 Å². The maximum Gasteiger partial charge on any atom is 0.245 e. The molecule has 1 saturated heterocycles. The summed E-state index contributed by atoms with van der Waals surface area (Å²) in [7, 11) is 3.90. The van der Waals surface area contributed by atoms with E-state index in [1.165, 1.54) is 0 Å². The zero-order chi connectivity index (χ0) is 15.5. The summed E-state index contributed by atoms with van der Waals surface area (Å²) in [6, 6.07) is 1.84. The maximum atomic E-state index is 12.8. The summed E-state index contributed by atoms with van der Waals surface area (Å²) in [6.07, 6.45) is 6.51. The summed E-state index contributed by atoms with van der Waals surface area (Å²) < 4.78 is 1.73. The standard InChI is InChI=1S/C15H21N5OS/c1-18(9-6-14-16-7-11-22-14)12-4-3-8-20(15(12)21)13-5-10-19(2)17-13/h5,7,10-12H,3-4,6,8-9H2,1-2H3/t12-/m0/s1. The van der Waals surface area contributed by atoms with Crippen molar-refractivity contribution in [3.8, 4) is 0 Å². The molecule has 3 rings (SSSR count). The van der Waals surface area contributed by atoms with Gasteiger partial charge in [0.05, 0.1) is 11.0 Å². The number of amides is 1. The molecular formula is C15H21N5OS. The Morgan fingerprint density at radius 1 is 1.50 bits per heavy atom. The molecule has 7 heteroatoms. The van der Waals surface area contributed by atoms with Gasteiger partial charge in [0.1, 0.15) is 0 Å². The van der Waals surface area contributed by atoms with Crippen molar-refractivity contribution in [2.45, 2.75) is 25.3 Å². The molecule has 1 amide bonds. The molecule has 1 atom stereocenters. The molecule has 6 nitrogen and oxygen atoms in total. The third-order valence-electron chi connectivity index (χ3n) is 4.08. The number of carbonyl (C=O) groups excluding carboxylic acids is 1. The van der Waals surface area contributed by atoms with Gasteiger partial charge in [0.25, 0.3) is 0 Å². The molecule has 118 valence electrons. The predicted octanol–water partition coefficient (Wildman–Crippen LogP) is 1.55. The first kappa shape index (κ1) is 15.2. The van der Waals surface area contributed by atoms with Crippen molar-refractivity contribution >= 4 is 23.1 Å². The van der Waals surface area contributed by atoms with Crippen molar-refractivity contribution in [1.29, 1.82) is 0 Å². The smallest absolute Gasteiger partial charge is 0.245 e. The molecule has 0 spiro atoms. The van der Waals surface area contributed by atoms with E-state index in [1.807, 2.05) is 42.8 Å². The molecule has 3 heterocycles. The van der Waals surface area contributed by atoms with Crippen LogP contribution < -0.4 is 4.90 Å².